The van der Waals surface area contributed by atoms with E-state index in [1.54, 1.807) is 14.0 Å². The van der Waals surface area contributed by atoms with Gasteiger partial charge < -0.3 is 18.8 Å². The topological polar surface area (TPSA) is 72.2 Å². The fraction of sp³-hybridized carbons (Fsp3) is 0.524. The summed E-state index contributed by atoms with van der Waals surface area (Å²) in [5, 5.41) is 0.750. The lowest BCUT2D eigenvalue weighted by Gasteiger charge is -2.34. The normalized spacial score (nSPS) is 15.2. The van der Waals surface area contributed by atoms with Crippen LogP contribution >= 0.6 is 0 Å². The zero-order valence-corrected chi connectivity index (χ0v) is 17.0. The smallest absolute Gasteiger partial charge is 0.339 e. The molecule has 152 valence electrons. The highest BCUT2D eigenvalue weighted by Crippen LogP contribution is 2.30. The first kappa shape index (κ1) is 20.4. The molecular formula is C21H28N2O5. The van der Waals surface area contributed by atoms with E-state index in [2.05, 4.69) is 4.90 Å². The number of hydrogen-bond acceptors (Lipinski definition) is 6. The van der Waals surface area contributed by atoms with Crippen LogP contribution in [0.2, 0.25) is 0 Å². The molecule has 0 unspecified atom stereocenters. The summed E-state index contributed by atoms with van der Waals surface area (Å²) in [7, 11) is 1.69. The summed E-state index contributed by atoms with van der Waals surface area (Å²) in [6.45, 7) is 10.1. The Balaban J connectivity index is 1.69. The number of benzene rings is 1. The molecule has 0 N–H and O–H groups in total. The number of carbonyl (C=O) groups excluding carboxylic acids is 1. The second-order valence-corrected chi connectivity index (χ2v) is 7.28. The minimum absolute atomic E-state index is 0.0335. The number of nitrogens with zero attached hydrogens (tertiary/aromatic N) is 2. The zero-order chi connectivity index (χ0) is 20.3. The van der Waals surface area contributed by atoms with Crippen molar-refractivity contribution in [3.63, 3.8) is 0 Å². The number of methoxy groups -OCH3 is 1. The van der Waals surface area contributed by atoms with Crippen molar-refractivity contribution >= 4 is 16.9 Å². The summed E-state index contributed by atoms with van der Waals surface area (Å²) < 4.78 is 16.4. The number of carbonyl (C=O) groups is 1. The third-order valence-corrected chi connectivity index (χ3v) is 5.34. The Labute approximate surface area is 164 Å². The van der Waals surface area contributed by atoms with Crippen LogP contribution < -0.4 is 10.4 Å². The predicted octanol–water partition coefficient (Wildman–Crippen LogP) is 1.89. The van der Waals surface area contributed by atoms with E-state index in [-0.39, 0.29) is 18.1 Å². The van der Waals surface area contributed by atoms with Crippen molar-refractivity contribution in [3.8, 4) is 5.75 Å². The van der Waals surface area contributed by atoms with Crippen LogP contribution in [0, 0.1) is 20.8 Å². The molecule has 0 atom stereocenters. The molecule has 1 aromatic heterocycles. The third-order valence-electron chi connectivity index (χ3n) is 5.34. The Morgan fingerprint density at radius 2 is 1.82 bits per heavy atom. The molecule has 0 radical (unpaired) electrons. The molecule has 7 nitrogen and oxygen atoms in total. The van der Waals surface area contributed by atoms with Crippen molar-refractivity contribution < 1.29 is 18.7 Å². The van der Waals surface area contributed by atoms with Gasteiger partial charge in [0.2, 0.25) is 0 Å². The van der Waals surface area contributed by atoms with Gasteiger partial charge in [-0.3, -0.25) is 9.69 Å². The van der Waals surface area contributed by atoms with Crippen molar-refractivity contribution in [1.82, 2.24) is 9.80 Å². The van der Waals surface area contributed by atoms with Crippen LogP contribution in [-0.2, 0) is 9.53 Å². The molecule has 0 saturated carbocycles. The molecule has 1 aliphatic rings. The largest absolute Gasteiger partial charge is 0.483 e. The first-order valence-electron chi connectivity index (χ1n) is 9.57. The monoisotopic (exact) mass is 388 g/mol. The summed E-state index contributed by atoms with van der Waals surface area (Å²) in [5.41, 5.74) is 2.43. The number of hydrogen-bond donors (Lipinski definition) is 0. The number of fused-ring (bicyclic) bond motifs is 1. The van der Waals surface area contributed by atoms with Gasteiger partial charge in [-0.25, -0.2) is 4.79 Å². The van der Waals surface area contributed by atoms with Gasteiger partial charge in [-0.1, -0.05) is 0 Å². The van der Waals surface area contributed by atoms with E-state index in [1.165, 1.54) is 0 Å². The van der Waals surface area contributed by atoms with Crippen LogP contribution in [0.1, 0.15) is 16.7 Å². The maximum absolute atomic E-state index is 12.6. The summed E-state index contributed by atoms with van der Waals surface area (Å²) in [4.78, 5) is 28.7. The van der Waals surface area contributed by atoms with Crippen molar-refractivity contribution in [1.29, 1.82) is 0 Å². The van der Waals surface area contributed by atoms with E-state index in [9.17, 15) is 9.59 Å². The molecule has 1 amide bonds. The van der Waals surface area contributed by atoms with Gasteiger partial charge in [0.15, 0.2) is 6.61 Å². The molecule has 2 aromatic rings. The molecule has 1 saturated heterocycles. The molecule has 1 aliphatic heterocycles. The van der Waals surface area contributed by atoms with Crippen molar-refractivity contribution in [3.05, 3.63) is 39.2 Å². The maximum atomic E-state index is 12.6. The highest BCUT2D eigenvalue weighted by molar-refractivity contribution is 5.88. The molecule has 7 heteroatoms. The lowest BCUT2D eigenvalue weighted by Crippen LogP contribution is -2.50. The Morgan fingerprint density at radius 1 is 1.11 bits per heavy atom. The van der Waals surface area contributed by atoms with Crippen LogP contribution in [0.15, 0.2) is 21.3 Å². The first-order chi connectivity index (χ1) is 13.4. The van der Waals surface area contributed by atoms with Gasteiger partial charge >= 0.3 is 5.63 Å². The van der Waals surface area contributed by atoms with E-state index < -0.39 is 0 Å². The second-order valence-electron chi connectivity index (χ2n) is 7.28. The highest BCUT2D eigenvalue weighted by Gasteiger charge is 2.22. The molecular weight excluding hydrogens is 360 g/mol. The van der Waals surface area contributed by atoms with Crippen LogP contribution in [0.5, 0.6) is 5.75 Å². The molecule has 1 aromatic carbocycles. The quantitative estimate of drug-likeness (QED) is 0.704. The summed E-state index contributed by atoms with van der Waals surface area (Å²) in [6, 6.07) is 3.70. The first-order valence-corrected chi connectivity index (χ1v) is 9.57. The molecule has 0 aliphatic carbocycles. The van der Waals surface area contributed by atoms with Gasteiger partial charge in [0.1, 0.15) is 11.3 Å². The predicted molar refractivity (Wildman–Crippen MR) is 107 cm³/mol. The molecule has 0 spiro atoms. The van der Waals surface area contributed by atoms with E-state index in [4.69, 9.17) is 13.9 Å². The van der Waals surface area contributed by atoms with Gasteiger partial charge in [0, 0.05) is 45.4 Å². The number of piperazine rings is 1. The molecule has 1 fully saturated rings. The third kappa shape index (κ3) is 4.36. The second kappa shape index (κ2) is 8.75. The maximum Gasteiger partial charge on any atom is 0.339 e. The minimum atomic E-state index is -0.344. The minimum Gasteiger partial charge on any atom is -0.483 e. The lowest BCUT2D eigenvalue weighted by molar-refractivity contribution is -0.135. The Bertz CT molecular complexity index is 913. The van der Waals surface area contributed by atoms with Gasteiger partial charge in [-0.2, -0.15) is 0 Å². The zero-order valence-electron chi connectivity index (χ0n) is 17.0. The van der Waals surface area contributed by atoms with Crippen molar-refractivity contribution in [2.24, 2.45) is 0 Å². The number of aryl methyl sites for hydroxylation is 2. The average Bonchev–Trinajstić information content (AvgIpc) is 2.68. The van der Waals surface area contributed by atoms with Crippen molar-refractivity contribution in [2.45, 2.75) is 20.8 Å². The molecule has 3 rings (SSSR count). The Hall–Kier alpha value is -2.38. The van der Waals surface area contributed by atoms with Crippen LogP contribution in [-0.4, -0.2) is 68.8 Å². The fourth-order valence-electron chi connectivity index (χ4n) is 3.47. The van der Waals surface area contributed by atoms with Crippen LogP contribution in [0.4, 0.5) is 0 Å². The Kier molecular flexibility index (Phi) is 6.36. The standard InChI is InChI=1S/C21H28N2O5/c1-14-11-17(20-15(2)16(3)21(25)28-18(20)12-14)27-13-19(24)23-7-5-22(6-8-23)9-10-26-4/h11-12H,5-10,13H2,1-4H3. The molecule has 2 heterocycles. The fourth-order valence-corrected chi connectivity index (χ4v) is 3.47. The summed E-state index contributed by atoms with van der Waals surface area (Å²) >= 11 is 0. The van der Waals surface area contributed by atoms with E-state index in [1.807, 2.05) is 30.9 Å². The van der Waals surface area contributed by atoms with Gasteiger partial charge in [-0.15, -0.1) is 0 Å². The van der Waals surface area contributed by atoms with Crippen LogP contribution in [0.25, 0.3) is 11.0 Å². The van der Waals surface area contributed by atoms with E-state index >= 15 is 0 Å². The van der Waals surface area contributed by atoms with E-state index in [0.29, 0.717) is 36.6 Å². The van der Waals surface area contributed by atoms with Crippen molar-refractivity contribution in [2.75, 3.05) is 53.0 Å². The SMILES string of the molecule is COCCN1CCN(C(=O)COc2cc(C)cc3oc(=O)c(C)c(C)c23)CC1. The molecule has 28 heavy (non-hydrogen) atoms. The number of rotatable bonds is 6. The van der Waals surface area contributed by atoms with Crippen LogP contribution in [0.3, 0.4) is 0 Å². The lowest BCUT2D eigenvalue weighted by atomic mass is 10.0. The Morgan fingerprint density at radius 3 is 2.50 bits per heavy atom. The van der Waals surface area contributed by atoms with Gasteiger partial charge in [0.05, 0.1) is 12.0 Å². The number of ether oxygens (including phenoxy) is 2. The highest BCUT2D eigenvalue weighted by atomic mass is 16.5. The van der Waals surface area contributed by atoms with Gasteiger partial charge in [-0.05, 0) is 44.0 Å². The molecule has 0 bridgehead atoms. The van der Waals surface area contributed by atoms with Gasteiger partial charge in [0.25, 0.3) is 5.91 Å². The summed E-state index contributed by atoms with van der Waals surface area (Å²) in [6.07, 6.45) is 0. The average molecular weight is 388 g/mol. The number of amides is 1. The van der Waals surface area contributed by atoms with E-state index in [0.717, 1.165) is 36.1 Å². The summed E-state index contributed by atoms with van der Waals surface area (Å²) in [5.74, 6) is 0.541.